The molecule has 1 heterocycles. The zero-order chi connectivity index (χ0) is 14.7. The molecular weight excluding hydrogens is 264 g/mol. The molecule has 0 saturated carbocycles. The van der Waals surface area contributed by atoms with Crippen LogP contribution in [0.1, 0.15) is 40.5 Å². The van der Waals surface area contributed by atoms with Crippen LogP contribution in [0.25, 0.3) is 0 Å². The SMILES string of the molecule is CNc1cncc(C(=O)NC2CCCc3ccccc32)n1. The molecule has 5 heteroatoms. The summed E-state index contributed by atoms with van der Waals surface area (Å²) in [4.78, 5) is 20.6. The van der Waals surface area contributed by atoms with Gasteiger partial charge in [-0.2, -0.15) is 0 Å². The van der Waals surface area contributed by atoms with Crippen LogP contribution in [0.5, 0.6) is 0 Å². The van der Waals surface area contributed by atoms with Gasteiger partial charge in [-0.3, -0.25) is 9.78 Å². The second-order valence-electron chi connectivity index (χ2n) is 5.16. The smallest absolute Gasteiger partial charge is 0.272 e. The molecule has 0 aliphatic heterocycles. The van der Waals surface area contributed by atoms with Gasteiger partial charge in [-0.1, -0.05) is 24.3 Å². The Kier molecular flexibility index (Phi) is 3.81. The first-order chi connectivity index (χ1) is 10.3. The molecule has 0 fully saturated rings. The van der Waals surface area contributed by atoms with Crippen LogP contribution in [0.15, 0.2) is 36.7 Å². The van der Waals surface area contributed by atoms with Gasteiger partial charge in [0.2, 0.25) is 0 Å². The third-order valence-corrected chi connectivity index (χ3v) is 3.80. The number of aromatic nitrogens is 2. The fourth-order valence-corrected chi connectivity index (χ4v) is 2.73. The minimum absolute atomic E-state index is 0.0579. The van der Waals surface area contributed by atoms with E-state index in [2.05, 4.69) is 32.7 Å². The van der Waals surface area contributed by atoms with E-state index in [0.717, 1.165) is 19.3 Å². The minimum Gasteiger partial charge on any atom is -0.372 e. The van der Waals surface area contributed by atoms with Crippen LogP contribution < -0.4 is 10.6 Å². The van der Waals surface area contributed by atoms with E-state index in [0.29, 0.717) is 11.5 Å². The quantitative estimate of drug-likeness (QED) is 0.906. The summed E-state index contributed by atoms with van der Waals surface area (Å²) in [7, 11) is 1.75. The first-order valence-corrected chi connectivity index (χ1v) is 7.16. The van der Waals surface area contributed by atoms with Crippen LogP contribution in [0, 0.1) is 0 Å². The molecule has 1 aromatic carbocycles. The molecule has 1 amide bonds. The van der Waals surface area contributed by atoms with Gasteiger partial charge in [-0.05, 0) is 30.4 Å². The number of nitrogens with one attached hydrogen (secondary N) is 2. The predicted octanol–water partition coefficient (Wildman–Crippen LogP) is 2.33. The number of nitrogens with zero attached hydrogens (tertiary/aromatic N) is 2. The highest BCUT2D eigenvalue weighted by atomic mass is 16.1. The molecule has 21 heavy (non-hydrogen) atoms. The Morgan fingerprint density at radius 3 is 3.00 bits per heavy atom. The fourth-order valence-electron chi connectivity index (χ4n) is 2.73. The summed E-state index contributed by atoms with van der Waals surface area (Å²) in [6, 6.07) is 8.35. The van der Waals surface area contributed by atoms with E-state index in [1.54, 1.807) is 13.2 Å². The predicted molar refractivity (Wildman–Crippen MR) is 81.2 cm³/mol. The van der Waals surface area contributed by atoms with E-state index in [1.807, 2.05) is 12.1 Å². The normalized spacial score (nSPS) is 16.9. The summed E-state index contributed by atoms with van der Waals surface area (Å²) in [5.74, 6) is 0.410. The second kappa shape index (κ2) is 5.91. The third kappa shape index (κ3) is 2.86. The highest BCUT2D eigenvalue weighted by Crippen LogP contribution is 2.29. The van der Waals surface area contributed by atoms with Gasteiger partial charge in [0.05, 0.1) is 18.4 Å². The van der Waals surface area contributed by atoms with Crippen LogP contribution in [0.4, 0.5) is 5.82 Å². The van der Waals surface area contributed by atoms with Gasteiger partial charge in [0, 0.05) is 7.05 Å². The highest BCUT2D eigenvalue weighted by molar-refractivity contribution is 5.92. The van der Waals surface area contributed by atoms with Gasteiger partial charge >= 0.3 is 0 Å². The Hall–Kier alpha value is -2.43. The first kappa shape index (κ1) is 13.5. The molecule has 1 aromatic heterocycles. The van der Waals surface area contributed by atoms with Crippen LogP contribution in [0.3, 0.4) is 0 Å². The van der Waals surface area contributed by atoms with E-state index in [-0.39, 0.29) is 11.9 Å². The number of rotatable bonds is 3. The lowest BCUT2D eigenvalue weighted by Crippen LogP contribution is -2.31. The van der Waals surface area contributed by atoms with E-state index in [4.69, 9.17) is 0 Å². The summed E-state index contributed by atoms with van der Waals surface area (Å²) in [6.45, 7) is 0. The van der Waals surface area contributed by atoms with Gasteiger partial charge in [0.25, 0.3) is 5.91 Å². The monoisotopic (exact) mass is 282 g/mol. The molecule has 3 rings (SSSR count). The number of aryl methyl sites for hydroxylation is 1. The van der Waals surface area contributed by atoms with Crippen molar-refractivity contribution in [3.8, 4) is 0 Å². The maximum Gasteiger partial charge on any atom is 0.272 e. The molecule has 0 saturated heterocycles. The average Bonchev–Trinajstić information content (AvgIpc) is 2.55. The number of benzene rings is 1. The Balaban J connectivity index is 1.79. The van der Waals surface area contributed by atoms with E-state index in [9.17, 15) is 4.79 Å². The number of hydrogen-bond donors (Lipinski definition) is 2. The topological polar surface area (TPSA) is 66.9 Å². The second-order valence-corrected chi connectivity index (χ2v) is 5.16. The van der Waals surface area contributed by atoms with E-state index < -0.39 is 0 Å². The molecule has 1 aliphatic rings. The van der Waals surface area contributed by atoms with Crippen molar-refractivity contribution in [3.63, 3.8) is 0 Å². The highest BCUT2D eigenvalue weighted by Gasteiger charge is 2.22. The van der Waals surface area contributed by atoms with Crippen molar-refractivity contribution < 1.29 is 4.79 Å². The number of carbonyl (C=O) groups is 1. The number of carbonyl (C=O) groups excluding carboxylic acids is 1. The van der Waals surface area contributed by atoms with Gasteiger partial charge in [-0.15, -0.1) is 0 Å². The van der Waals surface area contributed by atoms with Crippen LogP contribution in [0.2, 0.25) is 0 Å². The molecule has 2 N–H and O–H groups in total. The average molecular weight is 282 g/mol. The molecule has 1 atom stereocenters. The molecule has 0 bridgehead atoms. The van der Waals surface area contributed by atoms with Crippen molar-refractivity contribution in [2.75, 3.05) is 12.4 Å². The standard InChI is InChI=1S/C16H18N4O/c1-17-15-10-18-9-14(19-15)16(21)20-13-8-4-6-11-5-2-3-7-12(11)13/h2-3,5,7,9-10,13H,4,6,8H2,1H3,(H,17,19)(H,20,21). The van der Waals surface area contributed by atoms with Gasteiger partial charge < -0.3 is 10.6 Å². The minimum atomic E-state index is -0.179. The number of fused-ring (bicyclic) bond motifs is 1. The molecule has 0 spiro atoms. The molecule has 2 aromatic rings. The molecule has 0 radical (unpaired) electrons. The van der Waals surface area contributed by atoms with Gasteiger partial charge in [-0.25, -0.2) is 4.98 Å². The Morgan fingerprint density at radius 1 is 1.29 bits per heavy atom. The Bertz CT molecular complexity index is 656. The van der Waals surface area contributed by atoms with Crippen molar-refractivity contribution in [1.29, 1.82) is 0 Å². The Labute approximate surface area is 123 Å². The van der Waals surface area contributed by atoms with Crippen molar-refractivity contribution in [2.45, 2.75) is 25.3 Å². The summed E-state index contributed by atoms with van der Waals surface area (Å²) in [5.41, 5.74) is 2.88. The molecular formula is C16H18N4O. The lowest BCUT2D eigenvalue weighted by Gasteiger charge is -2.26. The number of amides is 1. The first-order valence-electron chi connectivity index (χ1n) is 7.16. The van der Waals surface area contributed by atoms with Crippen molar-refractivity contribution in [2.24, 2.45) is 0 Å². The summed E-state index contributed by atoms with van der Waals surface area (Å²) >= 11 is 0. The summed E-state index contributed by atoms with van der Waals surface area (Å²) < 4.78 is 0. The van der Waals surface area contributed by atoms with Crippen molar-refractivity contribution in [1.82, 2.24) is 15.3 Å². The largest absolute Gasteiger partial charge is 0.372 e. The van der Waals surface area contributed by atoms with E-state index >= 15 is 0 Å². The zero-order valence-electron chi connectivity index (χ0n) is 12.0. The summed E-state index contributed by atoms with van der Waals surface area (Å²) in [6.07, 6.45) is 6.21. The molecule has 108 valence electrons. The number of hydrogen-bond acceptors (Lipinski definition) is 4. The van der Waals surface area contributed by atoms with Crippen molar-refractivity contribution >= 4 is 11.7 Å². The molecule has 1 unspecified atom stereocenters. The molecule has 1 aliphatic carbocycles. The maximum absolute atomic E-state index is 12.3. The van der Waals surface area contributed by atoms with E-state index in [1.165, 1.54) is 17.3 Å². The Morgan fingerprint density at radius 2 is 2.14 bits per heavy atom. The van der Waals surface area contributed by atoms with Gasteiger partial charge in [0.15, 0.2) is 0 Å². The number of anilines is 1. The van der Waals surface area contributed by atoms with Crippen LogP contribution >= 0.6 is 0 Å². The fraction of sp³-hybridized carbons (Fsp3) is 0.312. The van der Waals surface area contributed by atoms with Crippen molar-refractivity contribution in [3.05, 3.63) is 53.5 Å². The third-order valence-electron chi connectivity index (χ3n) is 3.80. The van der Waals surface area contributed by atoms with Crippen LogP contribution in [-0.2, 0) is 6.42 Å². The lowest BCUT2D eigenvalue weighted by atomic mass is 9.88. The zero-order valence-corrected chi connectivity index (χ0v) is 12.0. The molecule has 5 nitrogen and oxygen atoms in total. The lowest BCUT2D eigenvalue weighted by molar-refractivity contribution is 0.0927. The van der Waals surface area contributed by atoms with Crippen LogP contribution in [-0.4, -0.2) is 22.9 Å². The maximum atomic E-state index is 12.3. The summed E-state index contributed by atoms with van der Waals surface area (Å²) in [5, 5.41) is 5.96. The van der Waals surface area contributed by atoms with Gasteiger partial charge in [0.1, 0.15) is 11.5 Å².